The van der Waals surface area contributed by atoms with E-state index in [-0.39, 0.29) is 11.3 Å². The Labute approximate surface area is 80.2 Å². The second-order valence-corrected chi connectivity index (χ2v) is 4.49. The molecule has 0 saturated carbocycles. The van der Waals surface area contributed by atoms with Gasteiger partial charge in [-0.1, -0.05) is 32.9 Å². The molecule has 4 N–H and O–H groups in total. The Morgan fingerprint density at radius 3 is 2.46 bits per heavy atom. The SMILES string of the molecule is CC(CNCC(N)=NO)C(C)(C)C. The molecule has 0 aromatic carbocycles. The monoisotopic (exact) mass is 187 g/mol. The first-order valence-corrected chi connectivity index (χ1v) is 4.55. The summed E-state index contributed by atoms with van der Waals surface area (Å²) in [5.41, 5.74) is 5.60. The maximum absolute atomic E-state index is 8.28. The lowest BCUT2D eigenvalue weighted by Gasteiger charge is -2.27. The number of oxime groups is 1. The highest BCUT2D eigenvalue weighted by atomic mass is 16.4. The Hall–Kier alpha value is -0.770. The third-order valence-corrected chi connectivity index (χ3v) is 2.36. The first-order valence-electron chi connectivity index (χ1n) is 4.55. The summed E-state index contributed by atoms with van der Waals surface area (Å²) in [6.45, 7) is 10.1. The number of nitrogens with two attached hydrogens (primary N) is 1. The summed E-state index contributed by atoms with van der Waals surface area (Å²) in [7, 11) is 0. The Bertz CT molecular complexity index is 172. The van der Waals surface area contributed by atoms with E-state index in [2.05, 4.69) is 38.2 Å². The minimum absolute atomic E-state index is 0.223. The van der Waals surface area contributed by atoms with Crippen LogP contribution in [-0.2, 0) is 0 Å². The van der Waals surface area contributed by atoms with Gasteiger partial charge in [-0.25, -0.2) is 0 Å². The van der Waals surface area contributed by atoms with Crippen molar-refractivity contribution >= 4 is 5.84 Å². The molecule has 0 aromatic heterocycles. The molecule has 0 saturated heterocycles. The molecule has 0 aliphatic carbocycles. The summed E-state index contributed by atoms with van der Waals surface area (Å²) in [6, 6.07) is 0. The second-order valence-electron chi connectivity index (χ2n) is 4.49. The number of amidine groups is 1. The van der Waals surface area contributed by atoms with Crippen molar-refractivity contribution < 1.29 is 5.21 Å². The van der Waals surface area contributed by atoms with Gasteiger partial charge in [0.1, 0.15) is 0 Å². The van der Waals surface area contributed by atoms with E-state index in [1.54, 1.807) is 0 Å². The van der Waals surface area contributed by atoms with Crippen LogP contribution in [0.1, 0.15) is 27.7 Å². The normalized spacial score (nSPS) is 15.8. The first-order chi connectivity index (χ1) is 5.88. The van der Waals surface area contributed by atoms with Crippen molar-refractivity contribution in [2.75, 3.05) is 13.1 Å². The Balaban J connectivity index is 3.66. The lowest BCUT2D eigenvalue weighted by atomic mass is 9.82. The van der Waals surface area contributed by atoms with Crippen molar-refractivity contribution in [2.24, 2.45) is 22.2 Å². The van der Waals surface area contributed by atoms with Crippen molar-refractivity contribution in [3.8, 4) is 0 Å². The van der Waals surface area contributed by atoms with Crippen LogP contribution in [0, 0.1) is 11.3 Å². The molecule has 0 aromatic rings. The Kier molecular flexibility index (Phi) is 4.77. The van der Waals surface area contributed by atoms with Crippen LogP contribution in [0.4, 0.5) is 0 Å². The lowest BCUT2D eigenvalue weighted by Crippen LogP contribution is -2.35. The third-order valence-electron chi connectivity index (χ3n) is 2.36. The van der Waals surface area contributed by atoms with Gasteiger partial charge in [0, 0.05) is 0 Å². The van der Waals surface area contributed by atoms with Crippen LogP contribution >= 0.6 is 0 Å². The summed E-state index contributed by atoms with van der Waals surface area (Å²) in [4.78, 5) is 0. The molecular weight excluding hydrogens is 166 g/mol. The average molecular weight is 187 g/mol. The topological polar surface area (TPSA) is 70.6 Å². The summed E-state index contributed by atoms with van der Waals surface area (Å²) in [5.74, 6) is 0.778. The van der Waals surface area contributed by atoms with Gasteiger partial charge in [-0.3, -0.25) is 0 Å². The molecule has 0 aliphatic heterocycles. The molecule has 0 radical (unpaired) electrons. The highest BCUT2D eigenvalue weighted by Gasteiger charge is 2.19. The molecule has 13 heavy (non-hydrogen) atoms. The van der Waals surface area contributed by atoms with Gasteiger partial charge in [0.05, 0.1) is 6.54 Å². The molecule has 1 atom stereocenters. The highest BCUT2D eigenvalue weighted by molar-refractivity contribution is 5.81. The fourth-order valence-corrected chi connectivity index (χ4v) is 0.758. The van der Waals surface area contributed by atoms with Gasteiger partial charge < -0.3 is 16.3 Å². The predicted molar refractivity (Wildman–Crippen MR) is 54.9 cm³/mol. The molecule has 0 aliphatic rings. The molecule has 0 fully saturated rings. The van der Waals surface area contributed by atoms with E-state index < -0.39 is 0 Å². The number of hydrogen-bond acceptors (Lipinski definition) is 3. The van der Waals surface area contributed by atoms with Crippen molar-refractivity contribution in [1.82, 2.24) is 5.32 Å². The molecule has 0 amide bonds. The average Bonchev–Trinajstić information content (AvgIpc) is 2.02. The van der Waals surface area contributed by atoms with Gasteiger partial charge in [0.2, 0.25) is 0 Å². The van der Waals surface area contributed by atoms with E-state index in [9.17, 15) is 0 Å². The van der Waals surface area contributed by atoms with Crippen molar-refractivity contribution in [2.45, 2.75) is 27.7 Å². The number of nitrogens with one attached hydrogen (secondary N) is 1. The molecule has 0 heterocycles. The van der Waals surface area contributed by atoms with Crippen LogP contribution in [0.15, 0.2) is 5.16 Å². The molecule has 78 valence electrons. The minimum Gasteiger partial charge on any atom is -0.409 e. The quantitative estimate of drug-likeness (QED) is 0.266. The van der Waals surface area contributed by atoms with Crippen LogP contribution in [-0.4, -0.2) is 24.1 Å². The van der Waals surface area contributed by atoms with E-state index in [1.165, 1.54) is 0 Å². The van der Waals surface area contributed by atoms with Gasteiger partial charge >= 0.3 is 0 Å². The van der Waals surface area contributed by atoms with Gasteiger partial charge in [-0.05, 0) is 17.9 Å². The van der Waals surface area contributed by atoms with E-state index >= 15 is 0 Å². The zero-order valence-electron chi connectivity index (χ0n) is 8.96. The van der Waals surface area contributed by atoms with Gasteiger partial charge in [0.15, 0.2) is 5.84 Å². The molecule has 0 spiro atoms. The largest absolute Gasteiger partial charge is 0.409 e. The number of rotatable bonds is 4. The van der Waals surface area contributed by atoms with Gasteiger partial charge in [-0.2, -0.15) is 0 Å². The maximum atomic E-state index is 8.28. The minimum atomic E-state index is 0.223. The van der Waals surface area contributed by atoms with Gasteiger partial charge in [0.25, 0.3) is 0 Å². The van der Waals surface area contributed by atoms with E-state index in [0.29, 0.717) is 12.5 Å². The fraction of sp³-hybridized carbons (Fsp3) is 0.889. The molecule has 0 bridgehead atoms. The summed E-state index contributed by atoms with van der Waals surface area (Å²) < 4.78 is 0. The lowest BCUT2D eigenvalue weighted by molar-refractivity contribution is 0.255. The summed E-state index contributed by atoms with van der Waals surface area (Å²) in [6.07, 6.45) is 0. The van der Waals surface area contributed by atoms with Crippen molar-refractivity contribution in [3.05, 3.63) is 0 Å². The van der Waals surface area contributed by atoms with Crippen LogP contribution < -0.4 is 11.1 Å². The molecule has 0 rings (SSSR count). The first kappa shape index (κ1) is 12.2. The van der Waals surface area contributed by atoms with E-state index in [4.69, 9.17) is 10.9 Å². The zero-order chi connectivity index (χ0) is 10.5. The predicted octanol–water partition coefficient (Wildman–Crippen LogP) is 1.00. The van der Waals surface area contributed by atoms with Crippen molar-refractivity contribution in [1.29, 1.82) is 0 Å². The van der Waals surface area contributed by atoms with E-state index in [1.807, 2.05) is 0 Å². The standard InChI is InChI=1S/C9H21N3O/c1-7(9(2,3)4)5-11-6-8(10)12-13/h7,11,13H,5-6H2,1-4H3,(H2,10,12). The van der Waals surface area contributed by atoms with E-state index in [0.717, 1.165) is 6.54 Å². The molecule has 1 unspecified atom stereocenters. The molecule has 4 heteroatoms. The Morgan fingerprint density at radius 1 is 1.54 bits per heavy atom. The highest BCUT2D eigenvalue weighted by Crippen LogP contribution is 2.24. The van der Waals surface area contributed by atoms with Crippen LogP contribution in [0.5, 0.6) is 0 Å². The fourth-order valence-electron chi connectivity index (χ4n) is 0.758. The number of hydrogen-bond donors (Lipinski definition) is 3. The molecule has 4 nitrogen and oxygen atoms in total. The Morgan fingerprint density at radius 2 is 2.08 bits per heavy atom. The van der Waals surface area contributed by atoms with Gasteiger partial charge in [-0.15, -0.1) is 0 Å². The zero-order valence-corrected chi connectivity index (χ0v) is 8.96. The smallest absolute Gasteiger partial charge is 0.153 e. The van der Waals surface area contributed by atoms with Crippen LogP contribution in [0.3, 0.4) is 0 Å². The number of nitrogens with zero attached hydrogens (tertiary/aromatic N) is 1. The van der Waals surface area contributed by atoms with Crippen LogP contribution in [0.2, 0.25) is 0 Å². The maximum Gasteiger partial charge on any atom is 0.153 e. The summed E-state index contributed by atoms with van der Waals surface area (Å²) >= 11 is 0. The second kappa shape index (κ2) is 5.07. The third kappa shape index (κ3) is 5.47. The summed E-state index contributed by atoms with van der Waals surface area (Å²) in [5, 5.41) is 14.3. The molecular formula is C9H21N3O. The van der Waals surface area contributed by atoms with Crippen LogP contribution in [0.25, 0.3) is 0 Å². The van der Waals surface area contributed by atoms with Crippen molar-refractivity contribution in [3.63, 3.8) is 0 Å².